The highest BCUT2D eigenvalue weighted by atomic mass is 32.2. The molecule has 7 heteroatoms. The van der Waals surface area contributed by atoms with Gasteiger partial charge in [0.15, 0.2) is 0 Å². The van der Waals surface area contributed by atoms with Crippen LogP contribution in [0.5, 0.6) is 0 Å². The van der Waals surface area contributed by atoms with Gasteiger partial charge in [0.2, 0.25) is 10.0 Å². The fraction of sp³-hybridized carbons (Fsp3) is 0.350. The predicted molar refractivity (Wildman–Crippen MR) is 108 cm³/mol. The van der Waals surface area contributed by atoms with Crippen molar-refractivity contribution in [2.75, 3.05) is 17.2 Å². The van der Waals surface area contributed by atoms with Crippen LogP contribution in [0.15, 0.2) is 47.4 Å². The Morgan fingerprint density at radius 3 is 2.22 bits per heavy atom. The van der Waals surface area contributed by atoms with Crippen molar-refractivity contribution in [3.05, 3.63) is 53.6 Å². The molecule has 144 valence electrons. The number of hydrogen-bond acceptors (Lipinski definition) is 3. The van der Waals surface area contributed by atoms with E-state index in [0.717, 1.165) is 24.0 Å². The Kier molecular flexibility index (Phi) is 5.53. The molecule has 1 atom stereocenters. The second-order valence-electron chi connectivity index (χ2n) is 7.01. The van der Waals surface area contributed by atoms with Crippen molar-refractivity contribution in [2.24, 2.45) is 0 Å². The monoisotopic (exact) mass is 387 g/mol. The highest BCUT2D eigenvalue weighted by molar-refractivity contribution is 7.89. The van der Waals surface area contributed by atoms with E-state index in [1.807, 2.05) is 39.0 Å². The van der Waals surface area contributed by atoms with Crippen molar-refractivity contribution in [3.63, 3.8) is 0 Å². The van der Waals surface area contributed by atoms with E-state index in [1.165, 1.54) is 12.1 Å². The van der Waals surface area contributed by atoms with Crippen LogP contribution in [0.25, 0.3) is 0 Å². The molecule has 2 aromatic carbocycles. The summed E-state index contributed by atoms with van der Waals surface area (Å²) >= 11 is 0. The zero-order valence-corrected chi connectivity index (χ0v) is 16.6. The van der Waals surface area contributed by atoms with Gasteiger partial charge in [-0.3, -0.25) is 0 Å². The fourth-order valence-corrected chi connectivity index (χ4v) is 4.92. The molecular formula is C20H25N3O3S. The molecule has 2 N–H and O–H groups in total. The number of anilines is 2. The van der Waals surface area contributed by atoms with E-state index in [1.54, 1.807) is 16.4 Å². The summed E-state index contributed by atoms with van der Waals surface area (Å²) in [7, 11) is -3.49. The van der Waals surface area contributed by atoms with Gasteiger partial charge in [0.1, 0.15) is 0 Å². The molecule has 0 unspecified atom stereocenters. The summed E-state index contributed by atoms with van der Waals surface area (Å²) in [5.41, 5.74) is 3.49. The Balaban J connectivity index is 1.66. The van der Waals surface area contributed by atoms with Crippen molar-refractivity contribution >= 4 is 27.4 Å². The Morgan fingerprint density at radius 1 is 1.00 bits per heavy atom. The fourth-order valence-electron chi connectivity index (χ4n) is 3.22. The normalized spacial score (nSPS) is 17.7. The lowest BCUT2D eigenvalue weighted by Gasteiger charge is -2.21. The van der Waals surface area contributed by atoms with Crippen molar-refractivity contribution in [2.45, 2.75) is 44.6 Å². The molecule has 0 saturated carbocycles. The topological polar surface area (TPSA) is 78.5 Å². The van der Waals surface area contributed by atoms with Gasteiger partial charge in [-0.25, -0.2) is 13.2 Å². The van der Waals surface area contributed by atoms with Gasteiger partial charge in [-0.1, -0.05) is 6.07 Å². The quantitative estimate of drug-likeness (QED) is 0.828. The summed E-state index contributed by atoms with van der Waals surface area (Å²) in [6.07, 6.45) is 1.77. The van der Waals surface area contributed by atoms with Crippen LogP contribution in [0.2, 0.25) is 0 Å². The van der Waals surface area contributed by atoms with E-state index in [0.29, 0.717) is 17.9 Å². The third-order valence-electron chi connectivity index (χ3n) is 4.98. The standard InChI is InChI=1S/C20H25N3O3S/c1-14-6-7-18(13-15(14)2)22-20(24)21-17-8-10-19(11-9-17)27(25,26)23-12-4-5-16(23)3/h6-11,13,16H,4-5,12H2,1-3H3,(H2,21,22,24)/t16-/m1/s1. The first-order valence-electron chi connectivity index (χ1n) is 9.04. The number of urea groups is 1. The van der Waals surface area contributed by atoms with Gasteiger partial charge in [0.05, 0.1) is 4.90 Å². The molecule has 1 saturated heterocycles. The van der Waals surface area contributed by atoms with Gasteiger partial charge in [0, 0.05) is 24.0 Å². The molecule has 2 amide bonds. The Labute approximate surface area is 160 Å². The minimum atomic E-state index is -3.49. The molecule has 0 aliphatic carbocycles. The lowest BCUT2D eigenvalue weighted by Crippen LogP contribution is -2.33. The largest absolute Gasteiger partial charge is 0.323 e. The number of amides is 2. The van der Waals surface area contributed by atoms with E-state index in [-0.39, 0.29) is 17.0 Å². The molecule has 1 heterocycles. The van der Waals surface area contributed by atoms with Crippen molar-refractivity contribution in [1.29, 1.82) is 0 Å². The molecule has 6 nitrogen and oxygen atoms in total. The Hall–Kier alpha value is -2.38. The minimum absolute atomic E-state index is 0.0246. The smallest absolute Gasteiger partial charge is 0.308 e. The molecule has 0 aromatic heterocycles. The van der Waals surface area contributed by atoms with Gasteiger partial charge in [-0.05, 0) is 81.1 Å². The highest BCUT2D eigenvalue weighted by Gasteiger charge is 2.32. The molecule has 0 radical (unpaired) electrons. The predicted octanol–water partition coefficient (Wildman–Crippen LogP) is 4.12. The second-order valence-corrected chi connectivity index (χ2v) is 8.90. The maximum absolute atomic E-state index is 12.7. The first-order chi connectivity index (χ1) is 12.8. The average molecular weight is 388 g/mol. The molecule has 3 rings (SSSR count). The molecule has 1 aliphatic heterocycles. The zero-order chi connectivity index (χ0) is 19.6. The van der Waals surface area contributed by atoms with Gasteiger partial charge >= 0.3 is 6.03 Å². The van der Waals surface area contributed by atoms with E-state index >= 15 is 0 Å². The number of hydrogen-bond donors (Lipinski definition) is 2. The molecule has 0 bridgehead atoms. The average Bonchev–Trinajstić information content (AvgIpc) is 3.05. The third-order valence-corrected chi connectivity index (χ3v) is 7.00. The molecule has 0 spiro atoms. The number of nitrogens with zero attached hydrogens (tertiary/aromatic N) is 1. The maximum Gasteiger partial charge on any atom is 0.323 e. The summed E-state index contributed by atoms with van der Waals surface area (Å²) < 4.78 is 27.0. The molecule has 2 aromatic rings. The molecule has 1 fully saturated rings. The zero-order valence-electron chi connectivity index (χ0n) is 15.8. The lowest BCUT2D eigenvalue weighted by molar-refractivity contribution is 0.262. The van der Waals surface area contributed by atoms with E-state index < -0.39 is 10.0 Å². The van der Waals surface area contributed by atoms with Crippen LogP contribution in [0.1, 0.15) is 30.9 Å². The van der Waals surface area contributed by atoms with Gasteiger partial charge in [-0.2, -0.15) is 4.31 Å². The lowest BCUT2D eigenvalue weighted by atomic mass is 10.1. The molecular weight excluding hydrogens is 362 g/mol. The van der Waals surface area contributed by atoms with Crippen LogP contribution >= 0.6 is 0 Å². The number of nitrogens with one attached hydrogen (secondary N) is 2. The summed E-state index contributed by atoms with van der Waals surface area (Å²) in [5.74, 6) is 0. The highest BCUT2D eigenvalue weighted by Crippen LogP contribution is 2.26. The molecule has 27 heavy (non-hydrogen) atoms. The van der Waals surface area contributed by atoms with E-state index in [9.17, 15) is 13.2 Å². The molecule has 1 aliphatic rings. The first-order valence-corrected chi connectivity index (χ1v) is 10.5. The second kappa shape index (κ2) is 7.70. The summed E-state index contributed by atoms with van der Waals surface area (Å²) in [6, 6.07) is 11.6. The van der Waals surface area contributed by atoms with Gasteiger partial charge in [-0.15, -0.1) is 0 Å². The minimum Gasteiger partial charge on any atom is -0.308 e. The SMILES string of the molecule is Cc1ccc(NC(=O)Nc2ccc(S(=O)(=O)N3CCC[C@H]3C)cc2)cc1C. The van der Waals surface area contributed by atoms with Crippen LogP contribution in [-0.4, -0.2) is 31.3 Å². The van der Waals surface area contributed by atoms with Gasteiger partial charge < -0.3 is 10.6 Å². The van der Waals surface area contributed by atoms with Gasteiger partial charge in [0.25, 0.3) is 0 Å². The first kappa shape index (κ1) is 19.4. The van der Waals surface area contributed by atoms with Crippen molar-refractivity contribution in [1.82, 2.24) is 4.31 Å². The Bertz CT molecular complexity index is 939. The summed E-state index contributed by atoms with van der Waals surface area (Å²) in [4.78, 5) is 12.4. The van der Waals surface area contributed by atoms with E-state index in [4.69, 9.17) is 0 Å². The van der Waals surface area contributed by atoms with Crippen LogP contribution in [0, 0.1) is 13.8 Å². The van der Waals surface area contributed by atoms with Crippen molar-refractivity contribution in [3.8, 4) is 0 Å². The van der Waals surface area contributed by atoms with E-state index in [2.05, 4.69) is 10.6 Å². The third kappa shape index (κ3) is 4.31. The number of benzene rings is 2. The van der Waals surface area contributed by atoms with Crippen LogP contribution in [0.4, 0.5) is 16.2 Å². The maximum atomic E-state index is 12.7. The number of aryl methyl sites for hydroxylation is 2. The number of rotatable bonds is 4. The van der Waals surface area contributed by atoms with Crippen LogP contribution < -0.4 is 10.6 Å². The number of carbonyl (C=O) groups is 1. The summed E-state index contributed by atoms with van der Waals surface area (Å²) in [6.45, 7) is 6.48. The summed E-state index contributed by atoms with van der Waals surface area (Å²) in [5, 5.41) is 5.50. The van der Waals surface area contributed by atoms with Crippen LogP contribution in [0.3, 0.4) is 0 Å². The number of sulfonamides is 1. The Morgan fingerprint density at radius 2 is 1.63 bits per heavy atom. The van der Waals surface area contributed by atoms with Crippen LogP contribution in [-0.2, 0) is 10.0 Å². The van der Waals surface area contributed by atoms with Crippen molar-refractivity contribution < 1.29 is 13.2 Å². The number of carbonyl (C=O) groups excluding carboxylic acids is 1.